The average molecular weight is 684 g/mol. The van der Waals surface area contributed by atoms with Crippen LogP contribution in [0.15, 0.2) is 0 Å². The van der Waals surface area contributed by atoms with Gasteiger partial charge < -0.3 is 38.5 Å². The van der Waals surface area contributed by atoms with E-state index in [0.717, 1.165) is 135 Å². The van der Waals surface area contributed by atoms with Crippen LogP contribution in [-0.2, 0) is 24.0 Å². The summed E-state index contributed by atoms with van der Waals surface area (Å²) in [5, 5.41) is 11.7. The Hall–Kier alpha value is -2.73. The van der Waals surface area contributed by atoms with E-state index in [4.69, 9.17) is 5.73 Å². The first-order valence-electron chi connectivity index (χ1n) is 19.3. The zero-order chi connectivity index (χ0) is 35.7. The van der Waals surface area contributed by atoms with Crippen molar-refractivity contribution in [3.05, 3.63) is 0 Å². The number of quaternary nitrogens is 2. The topological polar surface area (TPSA) is 215 Å². The van der Waals surface area contributed by atoms with Crippen molar-refractivity contribution in [2.75, 3.05) is 26.2 Å². The van der Waals surface area contributed by atoms with Gasteiger partial charge in [-0.1, -0.05) is 71.1 Å². The molecule has 0 aliphatic heterocycles. The first-order chi connectivity index (χ1) is 23.2. The van der Waals surface area contributed by atoms with Crippen molar-refractivity contribution in [3.8, 4) is 0 Å². The minimum Gasteiger partial charge on any atom is -0.368 e. The molecular weight excluding hydrogens is 610 g/mol. The molecule has 0 aromatic carbocycles. The van der Waals surface area contributed by atoms with E-state index in [9.17, 15) is 24.0 Å². The lowest BCUT2D eigenvalue weighted by atomic mass is 10.1. The van der Waals surface area contributed by atoms with Gasteiger partial charge in [0.2, 0.25) is 29.5 Å². The number of hydrogen-bond acceptors (Lipinski definition) is 5. The molecule has 0 heterocycles. The number of hydrogen-bond donors (Lipinski definition) is 7. The van der Waals surface area contributed by atoms with E-state index in [-0.39, 0.29) is 23.6 Å². The molecule has 0 saturated carbocycles. The first kappa shape index (κ1) is 45.3. The van der Waals surface area contributed by atoms with Crippen LogP contribution < -0.4 is 38.5 Å². The summed E-state index contributed by atoms with van der Waals surface area (Å²) in [5.74, 6) is -0.668. The molecule has 48 heavy (non-hydrogen) atoms. The summed E-state index contributed by atoms with van der Waals surface area (Å²) >= 11 is 0. The molecule has 12 nitrogen and oxygen atoms in total. The maximum absolute atomic E-state index is 12.9. The molecule has 0 aliphatic carbocycles. The molecule has 12 N–H and O–H groups in total. The zero-order valence-electron chi connectivity index (χ0n) is 30.5. The van der Waals surface area contributed by atoms with Crippen molar-refractivity contribution in [3.63, 3.8) is 0 Å². The van der Waals surface area contributed by atoms with Crippen LogP contribution in [0, 0.1) is 0 Å². The molecule has 0 saturated heterocycles. The third kappa shape index (κ3) is 28.3. The Morgan fingerprint density at radius 1 is 0.500 bits per heavy atom. The van der Waals surface area contributed by atoms with Gasteiger partial charge in [0.15, 0.2) is 0 Å². The van der Waals surface area contributed by atoms with E-state index >= 15 is 0 Å². The molecule has 5 amide bonds. The molecule has 0 fully saturated rings. The highest BCUT2D eigenvalue weighted by molar-refractivity contribution is 5.87. The van der Waals surface area contributed by atoms with Crippen LogP contribution in [0.5, 0.6) is 0 Å². The summed E-state index contributed by atoms with van der Waals surface area (Å²) in [6.45, 7) is 4.99. The molecule has 280 valence electrons. The minimum absolute atomic E-state index is 0.0932. The fourth-order valence-corrected chi connectivity index (χ4v) is 5.56. The van der Waals surface area contributed by atoms with E-state index in [1.165, 1.54) is 0 Å². The lowest BCUT2D eigenvalue weighted by Gasteiger charge is -2.18. The standard InChI is InChI=1S/C36H71N7O5/c1-2-3-12-23-32(44)40-28-20-11-14-25-34(46)43-31(22-16-18-27-38)36(48)41-29-19-10-8-6-4-5-7-9-13-24-33(45)42-30(35(39)47)21-15-17-26-37/h30-31H,2-29,37-38H2,1H3,(H2,39,47)(H,40,44)(H,41,48)(H,42,45)(H,43,46)/p+2. The molecule has 0 bridgehead atoms. The van der Waals surface area contributed by atoms with Crippen LogP contribution in [-0.4, -0.2) is 67.8 Å². The lowest BCUT2D eigenvalue weighted by molar-refractivity contribution is -0.368. The summed E-state index contributed by atoms with van der Waals surface area (Å²) in [5.41, 5.74) is 13.1. The lowest BCUT2D eigenvalue weighted by Crippen LogP contribution is -2.50. The summed E-state index contributed by atoms with van der Waals surface area (Å²) in [6.07, 6.45) is 21.1. The highest BCUT2D eigenvalue weighted by atomic mass is 16.2. The first-order valence-corrected chi connectivity index (χ1v) is 19.3. The average Bonchev–Trinajstić information content (AvgIpc) is 3.06. The number of primary amides is 1. The normalized spacial score (nSPS) is 12.2. The second-order valence-electron chi connectivity index (χ2n) is 13.2. The van der Waals surface area contributed by atoms with Gasteiger partial charge in [-0.2, -0.15) is 0 Å². The summed E-state index contributed by atoms with van der Waals surface area (Å²) < 4.78 is 0. The Bertz CT molecular complexity index is 859. The monoisotopic (exact) mass is 684 g/mol. The SMILES string of the molecule is CCCCCC(=O)NCCCCCC(=O)NC(CCCC[NH3+])C(=O)NCCCCCCCCCCCC(=O)NC(CCCC[NH3+])C(N)=O. The molecule has 12 heteroatoms. The Labute approximate surface area is 291 Å². The number of rotatable bonds is 34. The van der Waals surface area contributed by atoms with Crippen molar-refractivity contribution in [1.29, 1.82) is 0 Å². The molecule has 0 aromatic heterocycles. The van der Waals surface area contributed by atoms with E-state index in [1.807, 2.05) is 0 Å². The van der Waals surface area contributed by atoms with Gasteiger partial charge in [-0.05, 0) is 70.6 Å². The predicted octanol–water partition coefficient (Wildman–Crippen LogP) is 2.54. The van der Waals surface area contributed by atoms with Gasteiger partial charge >= 0.3 is 0 Å². The molecule has 2 atom stereocenters. The van der Waals surface area contributed by atoms with Gasteiger partial charge in [0, 0.05) is 32.4 Å². The third-order valence-electron chi connectivity index (χ3n) is 8.61. The number of carbonyl (C=O) groups is 5. The highest BCUT2D eigenvalue weighted by Crippen LogP contribution is 2.11. The maximum Gasteiger partial charge on any atom is 0.242 e. The van der Waals surface area contributed by atoms with Gasteiger partial charge in [0.25, 0.3) is 0 Å². The number of amides is 5. The van der Waals surface area contributed by atoms with Crippen LogP contribution in [0.4, 0.5) is 0 Å². The smallest absolute Gasteiger partial charge is 0.242 e. The maximum atomic E-state index is 12.9. The van der Waals surface area contributed by atoms with E-state index in [2.05, 4.69) is 39.7 Å². The fourth-order valence-electron chi connectivity index (χ4n) is 5.56. The Balaban J connectivity index is 4.00. The Morgan fingerprint density at radius 2 is 0.917 bits per heavy atom. The zero-order valence-corrected chi connectivity index (χ0v) is 30.5. The fraction of sp³-hybridized carbons (Fsp3) is 0.861. The van der Waals surface area contributed by atoms with Crippen LogP contribution >= 0.6 is 0 Å². The second kappa shape index (κ2) is 32.8. The molecule has 0 aliphatic rings. The van der Waals surface area contributed by atoms with Crippen molar-refractivity contribution in [2.24, 2.45) is 5.73 Å². The quantitative estimate of drug-likeness (QED) is 0.0508. The number of unbranched alkanes of at least 4 members (excludes halogenated alkanes) is 14. The van der Waals surface area contributed by atoms with Crippen LogP contribution in [0.3, 0.4) is 0 Å². The molecule has 0 rings (SSSR count). The van der Waals surface area contributed by atoms with E-state index in [0.29, 0.717) is 45.2 Å². The molecule has 0 aromatic rings. The van der Waals surface area contributed by atoms with Crippen LogP contribution in [0.25, 0.3) is 0 Å². The van der Waals surface area contributed by atoms with Gasteiger partial charge in [-0.3, -0.25) is 24.0 Å². The van der Waals surface area contributed by atoms with Gasteiger partial charge in [0.05, 0.1) is 13.1 Å². The molecular formula is C36H73N7O5+2. The van der Waals surface area contributed by atoms with Gasteiger partial charge in [-0.25, -0.2) is 0 Å². The van der Waals surface area contributed by atoms with E-state index < -0.39 is 18.0 Å². The largest absolute Gasteiger partial charge is 0.368 e. The number of nitrogens with one attached hydrogen (secondary N) is 4. The van der Waals surface area contributed by atoms with E-state index in [1.54, 1.807) is 0 Å². The van der Waals surface area contributed by atoms with Crippen LogP contribution in [0.2, 0.25) is 0 Å². The summed E-state index contributed by atoms with van der Waals surface area (Å²) in [6, 6.07) is -1.09. The summed E-state index contributed by atoms with van der Waals surface area (Å²) in [4.78, 5) is 60.9. The number of carbonyl (C=O) groups excluding carboxylic acids is 5. The van der Waals surface area contributed by atoms with Crippen molar-refractivity contribution in [2.45, 2.75) is 173 Å². The van der Waals surface area contributed by atoms with Crippen molar-refractivity contribution >= 4 is 29.5 Å². The van der Waals surface area contributed by atoms with Gasteiger partial charge in [-0.15, -0.1) is 0 Å². The van der Waals surface area contributed by atoms with Crippen LogP contribution in [0.1, 0.15) is 161 Å². The van der Waals surface area contributed by atoms with Crippen molar-refractivity contribution in [1.82, 2.24) is 21.3 Å². The third-order valence-corrected chi connectivity index (χ3v) is 8.61. The Kier molecular flexibility index (Phi) is 30.9. The van der Waals surface area contributed by atoms with Crippen molar-refractivity contribution < 1.29 is 35.4 Å². The van der Waals surface area contributed by atoms with Gasteiger partial charge in [0.1, 0.15) is 12.1 Å². The minimum atomic E-state index is -0.582. The highest BCUT2D eigenvalue weighted by Gasteiger charge is 2.20. The number of nitrogens with two attached hydrogens (primary N) is 1. The summed E-state index contributed by atoms with van der Waals surface area (Å²) in [7, 11) is 0. The molecule has 0 spiro atoms. The predicted molar refractivity (Wildman–Crippen MR) is 191 cm³/mol. The Morgan fingerprint density at radius 3 is 1.44 bits per heavy atom. The second-order valence-corrected chi connectivity index (χ2v) is 13.2. The molecule has 2 unspecified atom stereocenters. The molecule has 0 radical (unpaired) electrons.